The predicted molar refractivity (Wildman–Crippen MR) is 44.5 cm³/mol. The first-order valence-corrected chi connectivity index (χ1v) is 3.08. The normalized spacial score (nSPS) is 8.30. The minimum Gasteiger partial charge on any atom is -0.366 e. The monoisotopic (exact) mass is 141 g/mol. The lowest BCUT2D eigenvalue weighted by molar-refractivity contribution is -0.114. The first-order chi connectivity index (χ1) is 4.56. The van der Waals surface area contributed by atoms with E-state index in [1.54, 1.807) is 6.92 Å². The summed E-state index contributed by atoms with van der Waals surface area (Å²) in [5, 5.41) is 0. The fourth-order valence-electron chi connectivity index (χ4n) is 0. The van der Waals surface area contributed by atoms with Crippen LogP contribution in [0.15, 0.2) is 24.3 Å². The van der Waals surface area contributed by atoms with Gasteiger partial charge in [0.15, 0.2) is 0 Å². The molecule has 0 bridgehead atoms. The Morgan fingerprint density at radius 2 is 1.60 bits per heavy atom. The molecule has 10 heavy (non-hydrogen) atoms. The highest BCUT2D eigenvalue weighted by Gasteiger charge is 1.86. The van der Waals surface area contributed by atoms with Gasteiger partial charge in [-0.1, -0.05) is 18.7 Å². The third-order valence-electron chi connectivity index (χ3n) is 0.754. The van der Waals surface area contributed by atoms with Gasteiger partial charge in [-0.2, -0.15) is 0 Å². The van der Waals surface area contributed by atoms with Crippen LogP contribution in [0.4, 0.5) is 0 Å². The third kappa shape index (κ3) is 15.8. The van der Waals surface area contributed by atoms with Crippen LogP contribution in [0.3, 0.4) is 0 Å². The maximum Gasteiger partial charge on any atom is 0.243 e. The molecule has 2 N–H and O–H groups in total. The zero-order chi connectivity index (χ0) is 8.57. The van der Waals surface area contributed by atoms with E-state index in [1.165, 1.54) is 0 Å². The van der Waals surface area contributed by atoms with Gasteiger partial charge in [0.1, 0.15) is 0 Å². The molecular formula is C8H15NO. The van der Waals surface area contributed by atoms with Crippen molar-refractivity contribution in [1.82, 2.24) is 0 Å². The lowest BCUT2D eigenvalue weighted by Crippen LogP contribution is -2.10. The summed E-state index contributed by atoms with van der Waals surface area (Å²) in [7, 11) is 0. The van der Waals surface area contributed by atoms with Crippen LogP contribution in [0.5, 0.6) is 0 Å². The molecule has 0 aliphatic rings. The molecule has 0 aliphatic carbocycles. The predicted octanol–water partition coefficient (Wildman–Crippen LogP) is 1.63. The highest BCUT2D eigenvalue weighted by Crippen LogP contribution is 1.78. The van der Waals surface area contributed by atoms with E-state index in [-0.39, 0.29) is 0 Å². The Bertz CT molecular complexity index is 120. The van der Waals surface area contributed by atoms with Gasteiger partial charge in [0, 0.05) is 5.57 Å². The largest absolute Gasteiger partial charge is 0.366 e. The lowest BCUT2D eigenvalue weighted by atomic mass is 10.3. The van der Waals surface area contributed by atoms with Crippen molar-refractivity contribution in [3.05, 3.63) is 24.3 Å². The molecule has 0 heterocycles. The highest BCUT2D eigenvalue weighted by atomic mass is 16.1. The number of hydrogen-bond donors (Lipinski definition) is 1. The van der Waals surface area contributed by atoms with Crippen molar-refractivity contribution in [3.8, 4) is 0 Å². The van der Waals surface area contributed by atoms with Crippen LogP contribution < -0.4 is 5.73 Å². The molecule has 0 atom stereocenters. The second-order valence-corrected chi connectivity index (χ2v) is 1.81. The van der Waals surface area contributed by atoms with Gasteiger partial charge in [-0.25, -0.2) is 0 Å². The summed E-state index contributed by atoms with van der Waals surface area (Å²) in [6, 6.07) is 0. The van der Waals surface area contributed by atoms with Crippen LogP contribution in [0.1, 0.15) is 20.8 Å². The molecule has 0 radical (unpaired) electrons. The van der Waals surface area contributed by atoms with Gasteiger partial charge in [-0.05, 0) is 20.8 Å². The zero-order valence-electron chi connectivity index (χ0n) is 6.85. The molecule has 0 aliphatic heterocycles. The molecule has 0 unspecified atom stereocenters. The van der Waals surface area contributed by atoms with E-state index in [0.717, 1.165) is 0 Å². The Hall–Kier alpha value is -1.05. The first kappa shape index (κ1) is 11.7. The fraction of sp³-hybridized carbons (Fsp3) is 0.375. The van der Waals surface area contributed by atoms with Gasteiger partial charge in [-0.15, -0.1) is 0 Å². The number of hydrogen-bond acceptors (Lipinski definition) is 1. The molecule has 58 valence electrons. The summed E-state index contributed by atoms with van der Waals surface area (Å²) in [6.07, 6.45) is 4.00. The van der Waals surface area contributed by atoms with Gasteiger partial charge >= 0.3 is 0 Å². The van der Waals surface area contributed by atoms with E-state index >= 15 is 0 Å². The van der Waals surface area contributed by atoms with Crippen molar-refractivity contribution in [2.75, 3.05) is 0 Å². The molecule has 2 heteroatoms. The molecule has 0 saturated carbocycles. The lowest BCUT2D eigenvalue weighted by Gasteiger charge is -1.81. The van der Waals surface area contributed by atoms with Crippen molar-refractivity contribution in [2.45, 2.75) is 20.8 Å². The molecule has 0 rings (SSSR count). The molecule has 0 aromatic carbocycles. The van der Waals surface area contributed by atoms with Crippen molar-refractivity contribution in [3.63, 3.8) is 0 Å². The van der Waals surface area contributed by atoms with E-state index in [2.05, 4.69) is 6.58 Å². The Morgan fingerprint density at radius 3 is 1.60 bits per heavy atom. The number of carbonyl (C=O) groups is 1. The Labute approximate surface area is 62.4 Å². The number of carbonyl (C=O) groups excluding carboxylic acids is 1. The van der Waals surface area contributed by atoms with Crippen LogP contribution in [-0.4, -0.2) is 5.91 Å². The van der Waals surface area contributed by atoms with Crippen molar-refractivity contribution >= 4 is 5.91 Å². The standard InChI is InChI=1S/C4H7NO.C4H8/c1-3(2)4(5)6;1-3-4-2/h1H2,2H3,(H2,5,6);3-4H,1-2H3. The van der Waals surface area contributed by atoms with Gasteiger partial charge in [0.2, 0.25) is 5.91 Å². The summed E-state index contributed by atoms with van der Waals surface area (Å²) in [6.45, 7) is 8.85. The smallest absolute Gasteiger partial charge is 0.243 e. The average molecular weight is 141 g/mol. The first-order valence-electron chi connectivity index (χ1n) is 3.08. The zero-order valence-corrected chi connectivity index (χ0v) is 6.85. The number of nitrogens with two attached hydrogens (primary N) is 1. The molecule has 0 spiro atoms. The minimum atomic E-state index is -0.435. The topological polar surface area (TPSA) is 43.1 Å². The molecular weight excluding hydrogens is 126 g/mol. The van der Waals surface area contributed by atoms with Gasteiger partial charge in [0.25, 0.3) is 0 Å². The summed E-state index contributed by atoms with van der Waals surface area (Å²) in [5.74, 6) is -0.435. The summed E-state index contributed by atoms with van der Waals surface area (Å²) >= 11 is 0. The maximum absolute atomic E-state index is 9.82. The molecule has 0 aromatic rings. The average Bonchev–Trinajstić information content (AvgIpc) is 1.89. The summed E-state index contributed by atoms with van der Waals surface area (Å²) in [4.78, 5) is 9.82. The Kier molecular flexibility index (Phi) is 9.31. The number of allylic oxidation sites excluding steroid dienone is 2. The fourth-order valence-corrected chi connectivity index (χ4v) is 0. The van der Waals surface area contributed by atoms with Gasteiger partial charge in [0.05, 0.1) is 0 Å². The van der Waals surface area contributed by atoms with Crippen molar-refractivity contribution in [1.29, 1.82) is 0 Å². The van der Waals surface area contributed by atoms with Crippen LogP contribution in [0, 0.1) is 0 Å². The van der Waals surface area contributed by atoms with Crippen LogP contribution in [-0.2, 0) is 4.79 Å². The third-order valence-corrected chi connectivity index (χ3v) is 0.754. The summed E-state index contributed by atoms with van der Waals surface area (Å²) in [5.41, 5.74) is 5.09. The van der Waals surface area contributed by atoms with Crippen LogP contribution in [0.25, 0.3) is 0 Å². The second kappa shape index (κ2) is 7.95. The molecule has 0 aromatic heterocycles. The number of amides is 1. The Morgan fingerprint density at radius 1 is 1.40 bits per heavy atom. The van der Waals surface area contributed by atoms with Crippen LogP contribution in [0.2, 0.25) is 0 Å². The number of rotatable bonds is 1. The van der Waals surface area contributed by atoms with Crippen molar-refractivity contribution in [2.24, 2.45) is 5.73 Å². The molecule has 0 fully saturated rings. The van der Waals surface area contributed by atoms with Gasteiger partial charge < -0.3 is 5.73 Å². The molecule has 0 saturated heterocycles. The van der Waals surface area contributed by atoms with E-state index < -0.39 is 5.91 Å². The van der Waals surface area contributed by atoms with Gasteiger partial charge in [-0.3, -0.25) is 4.79 Å². The van der Waals surface area contributed by atoms with E-state index in [4.69, 9.17) is 5.73 Å². The second-order valence-electron chi connectivity index (χ2n) is 1.81. The van der Waals surface area contributed by atoms with E-state index in [1.807, 2.05) is 26.0 Å². The number of primary amides is 1. The minimum absolute atomic E-state index is 0.398. The maximum atomic E-state index is 9.82. The Balaban J connectivity index is 0. The highest BCUT2D eigenvalue weighted by molar-refractivity contribution is 5.90. The quantitative estimate of drug-likeness (QED) is 0.437. The van der Waals surface area contributed by atoms with Crippen LogP contribution >= 0.6 is 0 Å². The van der Waals surface area contributed by atoms with E-state index in [9.17, 15) is 4.79 Å². The molecule has 1 amide bonds. The molecule has 2 nitrogen and oxygen atoms in total. The SMILES string of the molecule is C=C(C)C(N)=O.CC=CC. The summed E-state index contributed by atoms with van der Waals surface area (Å²) < 4.78 is 0. The van der Waals surface area contributed by atoms with E-state index in [0.29, 0.717) is 5.57 Å². The van der Waals surface area contributed by atoms with Crippen molar-refractivity contribution < 1.29 is 4.79 Å².